The first-order chi connectivity index (χ1) is 13.2. The van der Waals surface area contributed by atoms with E-state index in [1.807, 2.05) is 18.2 Å². The van der Waals surface area contributed by atoms with Crippen molar-refractivity contribution in [3.8, 4) is 11.3 Å². The first-order valence-corrected chi connectivity index (χ1v) is 9.44. The molecule has 2 aromatic carbocycles. The maximum absolute atomic E-state index is 13.3. The molecule has 0 bridgehead atoms. The van der Waals surface area contributed by atoms with E-state index in [1.54, 1.807) is 12.1 Å². The Bertz CT molecular complexity index is 927. The highest BCUT2D eigenvalue weighted by Gasteiger charge is 2.17. The summed E-state index contributed by atoms with van der Waals surface area (Å²) in [5.74, 6) is -0.231. The SMILES string of the molecule is O=C(CCc1c(-c2ccc(F)cc2)[nH]c2ccccc12)NC[C@H]1CCCO1. The Morgan fingerprint density at radius 3 is 2.78 bits per heavy atom. The van der Waals surface area contributed by atoms with Gasteiger partial charge in [-0.05, 0) is 60.7 Å². The van der Waals surface area contributed by atoms with Gasteiger partial charge in [0.15, 0.2) is 0 Å². The first kappa shape index (κ1) is 17.7. The zero-order valence-electron chi connectivity index (χ0n) is 15.1. The number of para-hydroxylation sites is 1. The number of aryl methyl sites for hydroxylation is 1. The number of fused-ring (bicyclic) bond motifs is 1. The summed E-state index contributed by atoms with van der Waals surface area (Å²) in [6.07, 6.45) is 3.25. The number of carbonyl (C=O) groups is 1. The second kappa shape index (κ2) is 7.92. The fraction of sp³-hybridized carbons (Fsp3) is 0.318. The zero-order chi connectivity index (χ0) is 18.6. The van der Waals surface area contributed by atoms with Crippen molar-refractivity contribution in [1.29, 1.82) is 0 Å². The van der Waals surface area contributed by atoms with Crippen LogP contribution in [0.15, 0.2) is 48.5 Å². The van der Waals surface area contributed by atoms with Crippen molar-refractivity contribution in [2.45, 2.75) is 31.8 Å². The Morgan fingerprint density at radius 2 is 2.00 bits per heavy atom. The maximum atomic E-state index is 13.3. The van der Waals surface area contributed by atoms with Crippen LogP contribution in [-0.2, 0) is 16.0 Å². The highest BCUT2D eigenvalue weighted by Crippen LogP contribution is 2.31. The molecule has 0 spiro atoms. The number of hydrogen-bond donors (Lipinski definition) is 2. The van der Waals surface area contributed by atoms with Gasteiger partial charge in [-0.15, -0.1) is 0 Å². The van der Waals surface area contributed by atoms with Crippen LogP contribution >= 0.6 is 0 Å². The molecule has 0 saturated carbocycles. The number of rotatable bonds is 6. The van der Waals surface area contributed by atoms with Gasteiger partial charge < -0.3 is 15.0 Å². The average Bonchev–Trinajstić information content (AvgIpc) is 3.33. The zero-order valence-corrected chi connectivity index (χ0v) is 15.1. The predicted molar refractivity (Wildman–Crippen MR) is 104 cm³/mol. The number of hydrogen-bond acceptors (Lipinski definition) is 2. The van der Waals surface area contributed by atoms with Crippen LogP contribution in [0.1, 0.15) is 24.8 Å². The molecule has 5 heteroatoms. The highest BCUT2D eigenvalue weighted by atomic mass is 19.1. The minimum Gasteiger partial charge on any atom is -0.376 e. The van der Waals surface area contributed by atoms with Crippen molar-refractivity contribution in [2.24, 2.45) is 0 Å². The van der Waals surface area contributed by atoms with Crippen LogP contribution in [0.2, 0.25) is 0 Å². The summed E-state index contributed by atoms with van der Waals surface area (Å²) in [4.78, 5) is 15.7. The van der Waals surface area contributed by atoms with Crippen molar-refractivity contribution < 1.29 is 13.9 Å². The number of amides is 1. The third-order valence-electron chi connectivity index (χ3n) is 5.10. The van der Waals surface area contributed by atoms with Gasteiger partial charge in [-0.2, -0.15) is 0 Å². The number of aromatic amines is 1. The molecular formula is C22H23FN2O2. The number of nitrogens with one attached hydrogen (secondary N) is 2. The lowest BCUT2D eigenvalue weighted by Gasteiger charge is -2.11. The van der Waals surface area contributed by atoms with Gasteiger partial charge in [-0.25, -0.2) is 4.39 Å². The molecule has 1 amide bonds. The van der Waals surface area contributed by atoms with Gasteiger partial charge in [0.25, 0.3) is 0 Å². The monoisotopic (exact) mass is 366 g/mol. The van der Waals surface area contributed by atoms with E-state index in [0.717, 1.165) is 47.2 Å². The van der Waals surface area contributed by atoms with E-state index >= 15 is 0 Å². The molecule has 3 aromatic rings. The molecule has 0 unspecified atom stereocenters. The predicted octanol–water partition coefficient (Wildman–Crippen LogP) is 4.20. The van der Waals surface area contributed by atoms with Crippen molar-refractivity contribution in [1.82, 2.24) is 10.3 Å². The molecule has 1 aromatic heterocycles. The Kier molecular flexibility index (Phi) is 5.21. The molecule has 1 atom stereocenters. The molecule has 4 rings (SSSR count). The Hall–Kier alpha value is -2.66. The summed E-state index contributed by atoms with van der Waals surface area (Å²) in [5, 5.41) is 4.08. The fourth-order valence-electron chi connectivity index (χ4n) is 3.68. The molecule has 2 N–H and O–H groups in total. The lowest BCUT2D eigenvalue weighted by atomic mass is 10.0. The normalized spacial score (nSPS) is 16.7. The molecule has 1 aliphatic rings. The Balaban J connectivity index is 1.52. The summed E-state index contributed by atoms with van der Waals surface area (Å²) >= 11 is 0. The van der Waals surface area contributed by atoms with Gasteiger partial charge in [0, 0.05) is 36.2 Å². The lowest BCUT2D eigenvalue weighted by molar-refractivity contribution is -0.121. The number of aromatic nitrogens is 1. The molecule has 27 heavy (non-hydrogen) atoms. The summed E-state index contributed by atoms with van der Waals surface area (Å²) in [6.45, 7) is 1.37. The van der Waals surface area contributed by atoms with Crippen molar-refractivity contribution in [3.63, 3.8) is 0 Å². The van der Waals surface area contributed by atoms with E-state index in [0.29, 0.717) is 19.4 Å². The van der Waals surface area contributed by atoms with E-state index in [-0.39, 0.29) is 17.8 Å². The van der Waals surface area contributed by atoms with Gasteiger partial charge in [0.05, 0.1) is 6.10 Å². The van der Waals surface area contributed by atoms with Gasteiger partial charge in [-0.3, -0.25) is 4.79 Å². The number of ether oxygens (including phenoxy) is 1. The van der Waals surface area contributed by atoms with Gasteiger partial charge in [0.2, 0.25) is 5.91 Å². The van der Waals surface area contributed by atoms with E-state index in [2.05, 4.69) is 16.4 Å². The lowest BCUT2D eigenvalue weighted by Crippen LogP contribution is -2.31. The third kappa shape index (κ3) is 4.03. The summed E-state index contributed by atoms with van der Waals surface area (Å²) < 4.78 is 18.8. The molecule has 1 fully saturated rings. The van der Waals surface area contributed by atoms with Gasteiger partial charge >= 0.3 is 0 Å². The minimum atomic E-state index is -0.259. The van der Waals surface area contributed by atoms with E-state index in [4.69, 9.17) is 4.74 Å². The van der Waals surface area contributed by atoms with Crippen LogP contribution in [0.5, 0.6) is 0 Å². The quantitative estimate of drug-likeness (QED) is 0.687. The molecule has 4 nitrogen and oxygen atoms in total. The Labute approximate surface area is 157 Å². The number of H-pyrrole nitrogens is 1. The maximum Gasteiger partial charge on any atom is 0.220 e. The first-order valence-electron chi connectivity index (χ1n) is 9.44. The van der Waals surface area contributed by atoms with Crippen molar-refractivity contribution >= 4 is 16.8 Å². The third-order valence-corrected chi connectivity index (χ3v) is 5.10. The van der Waals surface area contributed by atoms with Crippen LogP contribution in [0.3, 0.4) is 0 Å². The molecule has 0 aliphatic carbocycles. The van der Waals surface area contributed by atoms with Crippen LogP contribution in [0, 0.1) is 5.82 Å². The molecule has 1 saturated heterocycles. The topological polar surface area (TPSA) is 54.1 Å². The standard InChI is InChI=1S/C22H23FN2O2/c23-16-9-7-15(8-10-16)22-19(18-5-1-2-6-20(18)25-22)11-12-21(26)24-14-17-4-3-13-27-17/h1-2,5-10,17,25H,3-4,11-14H2,(H,24,26)/t17-/m1/s1. The second-order valence-corrected chi connectivity index (χ2v) is 6.97. The number of benzene rings is 2. The summed E-state index contributed by atoms with van der Waals surface area (Å²) in [6, 6.07) is 14.5. The average molecular weight is 366 g/mol. The molecule has 1 aliphatic heterocycles. The molecule has 140 valence electrons. The Morgan fingerprint density at radius 1 is 1.19 bits per heavy atom. The number of halogens is 1. The minimum absolute atomic E-state index is 0.0286. The van der Waals surface area contributed by atoms with Crippen LogP contribution in [0.4, 0.5) is 4.39 Å². The largest absolute Gasteiger partial charge is 0.376 e. The van der Waals surface area contributed by atoms with E-state index in [1.165, 1.54) is 12.1 Å². The highest BCUT2D eigenvalue weighted by molar-refractivity contribution is 5.91. The second-order valence-electron chi connectivity index (χ2n) is 6.97. The van der Waals surface area contributed by atoms with Crippen LogP contribution < -0.4 is 5.32 Å². The molecule has 2 heterocycles. The smallest absolute Gasteiger partial charge is 0.220 e. The van der Waals surface area contributed by atoms with Gasteiger partial charge in [0.1, 0.15) is 5.82 Å². The summed E-state index contributed by atoms with van der Waals surface area (Å²) in [5.41, 5.74) is 3.97. The van der Waals surface area contributed by atoms with Crippen LogP contribution in [-0.4, -0.2) is 30.1 Å². The van der Waals surface area contributed by atoms with Crippen molar-refractivity contribution in [3.05, 3.63) is 59.9 Å². The van der Waals surface area contributed by atoms with Gasteiger partial charge in [-0.1, -0.05) is 18.2 Å². The molecule has 0 radical (unpaired) electrons. The van der Waals surface area contributed by atoms with Crippen LogP contribution in [0.25, 0.3) is 22.2 Å². The van der Waals surface area contributed by atoms with Crippen molar-refractivity contribution in [2.75, 3.05) is 13.2 Å². The molecular weight excluding hydrogens is 343 g/mol. The van der Waals surface area contributed by atoms with E-state index < -0.39 is 0 Å². The fourth-order valence-corrected chi connectivity index (χ4v) is 3.68. The summed E-state index contributed by atoms with van der Waals surface area (Å²) in [7, 11) is 0. The van der Waals surface area contributed by atoms with E-state index in [9.17, 15) is 9.18 Å². The number of carbonyl (C=O) groups excluding carboxylic acids is 1.